The number of alkyl halides is 1. The summed E-state index contributed by atoms with van der Waals surface area (Å²) in [7, 11) is 0. The maximum atomic E-state index is 14.1. The Labute approximate surface area is 77.3 Å². The molecule has 1 nitrogen and oxygen atoms in total. The third kappa shape index (κ3) is 1.16. The fraction of sp³-hybridized carbons (Fsp3) is 0.545. The van der Waals surface area contributed by atoms with Gasteiger partial charge in [0.1, 0.15) is 0 Å². The van der Waals surface area contributed by atoms with Crippen molar-refractivity contribution in [3.63, 3.8) is 0 Å². The van der Waals surface area contributed by atoms with Crippen molar-refractivity contribution in [3.05, 3.63) is 23.8 Å². The van der Waals surface area contributed by atoms with E-state index in [0.29, 0.717) is 12.0 Å². The molecule has 0 saturated heterocycles. The van der Waals surface area contributed by atoms with Crippen LogP contribution in [0.4, 0.5) is 4.39 Å². The first-order valence-electron chi connectivity index (χ1n) is 4.59. The van der Waals surface area contributed by atoms with Crippen LogP contribution in [-0.4, -0.2) is 11.5 Å². The quantitative estimate of drug-likeness (QED) is 0.560. The average molecular weight is 180 g/mol. The van der Waals surface area contributed by atoms with E-state index < -0.39 is 5.67 Å². The van der Waals surface area contributed by atoms with Crippen LogP contribution in [0.3, 0.4) is 0 Å². The van der Waals surface area contributed by atoms with Gasteiger partial charge < -0.3 is 0 Å². The van der Waals surface area contributed by atoms with Crippen LogP contribution in [0.5, 0.6) is 0 Å². The second-order valence-electron chi connectivity index (χ2n) is 4.54. The topological polar surface area (TPSA) is 17.1 Å². The normalized spacial score (nSPS) is 35.9. The molecule has 13 heavy (non-hydrogen) atoms. The molecule has 0 aromatic heterocycles. The Kier molecular flexibility index (Phi) is 1.54. The number of carbonyl (C=O) groups excluding carboxylic acids is 1. The van der Waals surface area contributed by atoms with Gasteiger partial charge in [-0.3, -0.25) is 4.79 Å². The van der Waals surface area contributed by atoms with E-state index in [2.05, 4.69) is 0 Å². The summed E-state index contributed by atoms with van der Waals surface area (Å²) in [5.41, 5.74) is -0.834. The van der Waals surface area contributed by atoms with E-state index in [9.17, 15) is 9.18 Å². The summed E-state index contributed by atoms with van der Waals surface area (Å²) < 4.78 is 14.1. The van der Waals surface area contributed by atoms with Crippen LogP contribution >= 0.6 is 0 Å². The zero-order valence-corrected chi connectivity index (χ0v) is 7.93. The highest BCUT2D eigenvalue weighted by atomic mass is 19.1. The van der Waals surface area contributed by atoms with Gasteiger partial charge in [-0.15, -0.1) is 0 Å². The lowest BCUT2D eigenvalue weighted by atomic mass is 9.81. The molecule has 2 rings (SSSR count). The summed E-state index contributed by atoms with van der Waals surface area (Å²) in [5.74, 6) is -0.0850. The number of hydrogen-bond donors (Lipinski definition) is 0. The lowest BCUT2D eigenvalue weighted by Gasteiger charge is -2.26. The van der Waals surface area contributed by atoms with Gasteiger partial charge in [-0.2, -0.15) is 0 Å². The van der Waals surface area contributed by atoms with Gasteiger partial charge >= 0.3 is 0 Å². The molecule has 70 valence electrons. The van der Waals surface area contributed by atoms with Gasteiger partial charge in [-0.25, -0.2) is 4.39 Å². The maximum Gasteiger partial charge on any atom is 0.178 e. The molecule has 2 aliphatic carbocycles. The summed E-state index contributed by atoms with van der Waals surface area (Å²) in [6.45, 7) is 3.99. The molecule has 1 fully saturated rings. The Hall–Kier alpha value is -0.920. The smallest absolute Gasteiger partial charge is 0.178 e. The second kappa shape index (κ2) is 2.31. The summed E-state index contributed by atoms with van der Waals surface area (Å²) in [4.78, 5) is 11.1. The molecule has 1 saturated carbocycles. The van der Waals surface area contributed by atoms with Gasteiger partial charge in [0.15, 0.2) is 11.5 Å². The highest BCUT2D eigenvalue weighted by Crippen LogP contribution is 2.52. The molecule has 0 aromatic rings. The van der Waals surface area contributed by atoms with E-state index in [4.69, 9.17) is 0 Å². The van der Waals surface area contributed by atoms with Crippen molar-refractivity contribution in [1.82, 2.24) is 0 Å². The van der Waals surface area contributed by atoms with Crippen molar-refractivity contribution in [3.8, 4) is 0 Å². The molecule has 2 heteroatoms. The predicted octanol–water partition coefficient (Wildman–Crippen LogP) is 2.58. The summed E-state index contributed by atoms with van der Waals surface area (Å²) in [6, 6.07) is 0. The summed E-state index contributed by atoms with van der Waals surface area (Å²) >= 11 is 0. The van der Waals surface area contributed by atoms with Gasteiger partial charge in [0.25, 0.3) is 0 Å². The third-order valence-electron chi connectivity index (χ3n) is 3.09. The number of hydrogen-bond acceptors (Lipinski definition) is 1. The van der Waals surface area contributed by atoms with E-state index >= 15 is 0 Å². The van der Waals surface area contributed by atoms with Gasteiger partial charge in [0, 0.05) is 0 Å². The predicted molar refractivity (Wildman–Crippen MR) is 49.1 cm³/mol. The van der Waals surface area contributed by atoms with Gasteiger partial charge in [-0.1, -0.05) is 13.8 Å². The number of allylic oxidation sites excluding steroid dienone is 4. The second-order valence-corrected chi connectivity index (χ2v) is 4.54. The maximum absolute atomic E-state index is 14.1. The van der Waals surface area contributed by atoms with Crippen LogP contribution in [0, 0.1) is 5.41 Å². The Morgan fingerprint density at radius 1 is 1.38 bits per heavy atom. The van der Waals surface area contributed by atoms with E-state index in [1.54, 1.807) is 0 Å². The van der Waals surface area contributed by atoms with Gasteiger partial charge in [0.2, 0.25) is 0 Å². The molecular weight excluding hydrogens is 167 g/mol. The van der Waals surface area contributed by atoms with E-state index in [-0.39, 0.29) is 11.2 Å². The molecule has 0 amide bonds. The molecule has 0 aliphatic heterocycles. The number of carbonyl (C=O) groups is 1. The lowest BCUT2D eigenvalue weighted by Crippen LogP contribution is -2.26. The molecule has 0 unspecified atom stereocenters. The summed E-state index contributed by atoms with van der Waals surface area (Å²) in [6.07, 6.45) is 5.54. The Morgan fingerprint density at radius 3 is 2.77 bits per heavy atom. The number of rotatable bonds is 0. The number of ketones is 1. The molecule has 0 radical (unpaired) electrons. The SMILES string of the molecule is CC1(C)CC[C@@]2(F)C=CC(=O)C=C12. The first kappa shape index (κ1) is 8.67. The van der Waals surface area contributed by atoms with Crippen LogP contribution in [0.25, 0.3) is 0 Å². The van der Waals surface area contributed by atoms with Crippen LogP contribution in [0.1, 0.15) is 26.7 Å². The van der Waals surface area contributed by atoms with E-state index in [0.717, 1.165) is 6.42 Å². The average Bonchev–Trinajstić information content (AvgIpc) is 2.28. The molecule has 2 aliphatic rings. The number of fused-ring (bicyclic) bond motifs is 1. The van der Waals surface area contributed by atoms with Crippen molar-refractivity contribution in [2.75, 3.05) is 0 Å². The minimum absolute atomic E-state index is 0.0850. The van der Waals surface area contributed by atoms with Crippen LogP contribution in [0.15, 0.2) is 23.8 Å². The minimum atomic E-state index is -1.34. The molecular formula is C11H13FO. The van der Waals surface area contributed by atoms with E-state index in [1.165, 1.54) is 18.2 Å². The zero-order chi connectivity index (χ0) is 9.69. The highest BCUT2D eigenvalue weighted by molar-refractivity contribution is 6.01. The molecule has 0 heterocycles. The molecule has 0 spiro atoms. The van der Waals surface area contributed by atoms with Crippen molar-refractivity contribution in [2.24, 2.45) is 5.41 Å². The lowest BCUT2D eigenvalue weighted by molar-refractivity contribution is -0.110. The standard InChI is InChI=1S/C11H13FO/c1-10(2)5-6-11(12)4-3-8(13)7-9(10)11/h3-4,7H,5-6H2,1-2H3/t11-/m0/s1. The molecule has 0 bridgehead atoms. The molecule has 0 N–H and O–H groups in total. The summed E-state index contributed by atoms with van der Waals surface area (Å²) in [5, 5.41) is 0. The fourth-order valence-corrected chi connectivity index (χ4v) is 2.22. The molecule has 1 atom stereocenters. The van der Waals surface area contributed by atoms with Crippen LogP contribution < -0.4 is 0 Å². The monoisotopic (exact) mass is 180 g/mol. The largest absolute Gasteiger partial charge is 0.290 e. The van der Waals surface area contributed by atoms with Crippen molar-refractivity contribution < 1.29 is 9.18 Å². The zero-order valence-electron chi connectivity index (χ0n) is 7.93. The van der Waals surface area contributed by atoms with E-state index in [1.807, 2.05) is 13.8 Å². The van der Waals surface area contributed by atoms with Crippen molar-refractivity contribution >= 4 is 5.78 Å². The Morgan fingerprint density at radius 2 is 2.08 bits per heavy atom. The first-order chi connectivity index (χ1) is 5.94. The highest BCUT2D eigenvalue weighted by Gasteiger charge is 2.48. The molecule has 0 aromatic carbocycles. The van der Waals surface area contributed by atoms with Crippen LogP contribution in [-0.2, 0) is 4.79 Å². The number of halogens is 1. The van der Waals surface area contributed by atoms with Gasteiger partial charge in [0.05, 0.1) is 0 Å². The van der Waals surface area contributed by atoms with Crippen molar-refractivity contribution in [1.29, 1.82) is 0 Å². The fourth-order valence-electron chi connectivity index (χ4n) is 2.22. The van der Waals surface area contributed by atoms with Crippen molar-refractivity contribution in [2.45, 2.75) is 32.4 Å². The first-order valence-corrected chi connectivity index (χ1v) is 4.59. The van der Waals surface area contributed by atoms with Crippen LogP contribution in [0.2, 0.25) is 0 Å². The Bertz CT molecular complexity index is 325. The minimum Gasteiger partial charge on any atom is -0.290 e. The third-order valence-corrected chi connectivity index (χ3v) is 3.09. The Balaban J connectivity index is 2.49. The van der Waals surface area contributed by atoms with Gasteiger partial charge in [-0.05, 0) is 42.1 Å².